The fourth-order valence-electron chi connectivity index (χ4n) is 5.74. The smallest absolute Gasteiger partial charge is 0.304 e. The summed E-state index contributed by atoms with van der Waals surface area (Å²) >= 11 is 0. The maximum atomic E-state index is 15.8. The lowest BCUT2D eigenvalue weighted by atomic mass is 9.94. The molecule has 1 aromatic carbocycles. The molecule has 0 spiro atoms. The first kappa shape index (κ1) is 25.0. The third-order valence-electron chi connectivity index (χ3n) is 7.78. The quantitative estimate of drug-likeness (QED) is 0.546. The summed E-state index contributed by atoms with van der Waals surface area (Å²) in [5.41, 5.74) is 3.01. The van der Waals surface area contributed by atoms with Crippen molar-refractivity contribution < 1.29 is 19.0 Å². The normalized spacial score (nSPS) is 23.2. The lowest BCUT2D eigenvalue weighted by Gasteiger charge is -2.30. The molecule has 36 heavy (non-hydrogen) atoms. The molecule has 2 N–H and O–H groups in total. The molecule has 194 valence electrons. The third-order valence-corrected chi connectivity index (χ3v) is 7.78. The average Bonchev–Trinajstić information content (AvgIpc) is 3.28. The van der Waals surface area contributed by atoms with Gasteiger partial charge in [0.15, 0.2) is 0 Å². The lowest BCUT2D eigenvalue weighted by molar-refractivity contribution is -0.137. The number of fused-ring (bicyclic) bond motifs is 1. The Morgan fingerprint density at radius 2 is 2.08 bits per heavy atom. The molecule has 2 saturated heterocycles. The van der Waals surface area contributed by atoms with Gasteiger partial charge in [0, 0.05) is 56.6 Å². The SMILES string of the molecule is O=C(O)CC(CN1CCC(F)(CCc2ccc3c(n2)NCCC3)C1)c1cccc(N2CCOCC2)c1. The lowest BCUT2D eigenvalue weighted by Crippen LogP contribution is -2.36. The molecule has 0 bridgehead atoms. The summed E-state index contributed by atoms with van der Waals surface area (Å²) in [5.74, 6) is -0.0515. The van der Waals surface area contributed by atoms with Gasteiger partial charge in [-0.2, -0.15) is 0 Å². The number of alkyl halides is 1. The monoisotopic (exact) mass is 496 g/mol. The van der Waals surface area contributed by atoms with Crippen molar-refractivity contribution >= 4 is 17.5 Å². The van der Waals surface area contributed by atoms with Gasteiger partial charge in [-0.25, -0.2) is 9.37 Å². The number of benzene rings is 1. The first-order chi connectivity index (χ1) is 17.5. The minimum absolute atomic E-state index is 0.0361. The number of anilines is 2. The summed E-state index contributed by atoms with van der Waals surface area (Å²) in [5, 5.41) is 13.0. The second-order valence-electron chi connectivity index (χ2n) is 10.5. The van der Waals surface area contributed by atoms with Gasteiger partial charge >= 0.3 is 5.97 Å². The highest BCUT2D eigenvalue weighted by molar-refractivity contribution is 5.68. The number of halogens is 1. The molecule has 0 saturated carbocycles. The summed E-state index contributed by atoms with van der Waals surface area (Å²) in [4.78, 5) is 20.8. The zero-order chi connectivity index (χ0) is 25.0. The number of aromatic nitrogens is 1. The molecule has 2 fully saturated rings. The van der Waals surface area contributed by atoms with E-state index in [0.29, 0.717) is 52.1 Å². The van der Waals surface area contributed by atoms with Crippen molar-refractivity contribution in [3.8, 4) is 0 Å². The van der Waals surface area contributed by atoms with Gasteiger partial charge in [0.05, 0.1) is 19.6 Å². The molecule has 2 atom stereocenters. The van der Waals surface area contributed by atoms with Crippen LogP contribution in [0.15, 0.2) is 36.4 Å². The van der Waals surface area contributed by atoms with Crippen LogP contribution in [-0.4, -0.2) is 79.1 Å². The number of carboxylic acid groups (broad SMARTS) is 1. The van der Waals surface area contributed by atoms with Crippen LogP contribution in [0.2, 0.25) is 0 Å². The highest BCUT2D eigenvalue weighted by atomic mass is 19.1. The Balaban J connectivity index is 1.21. The van der Waals surface area contributed by atoms with Crippen LogP contribution in [0.5, 0.6) is 0 Å². The van der Waals surface area contributed by atoms with Crippen molar-refractivity contribution in [2.45, 2.75) is 50.1 Å². The Morgan fingerprint density at radius 1 is 1.22 bits per heavy atom. The number of hydrogen-bond donors (Lipinski definition) is 2. The van der Waals surface area contributed by atoms with E-state index in [-0.39, 0.29) is 12.3 Å². The molecular weight excluding hydrogens is 459 g/mol. The van der Waals surface area contributed by atoms with Gasteiger partial charge in [0.2, 0.25) is 0 Å². The number of nitrogens with one attached hydrogen (secondary N) is 1. The summed E-state index contributed by atoms with van der Waals surface area (Å²) in [6.07, 6.45) is 3.73. The summed E-state index contributed by atoms with van der Waals surface area (Å²) < 4.78 is 21.3. The van der Waals surface area contributed by atoms with E-state index in [9.17, 15) is 9.90 Å². The van der Waals surface area contributed by atoms with Crippen molar-refractivity contribution in [2.75, 3.05) is 62.7 Å². The number of rotatable bonds is 9. The number of likely N-dealkylation sites (tertiary alicyclic amines) is 1. The van der Waals surface area contributed by atoms with Gasteiger partial charge in [0.1, 0.15) is 11.5 Å². The molecule has 4 heterocycles. The zero-order valence-electron chi connectivity index (χ0n) is 20.9. The van der Waals surface area contributed by atoms with Gasteiger partial charge in [-0.05, 0) is 61.4 Å². The predicted molar refractivity (Wildman–Crippen MR) is 139 cm³/mol. The Morgan fingerprint density at radius 3 is 2.92 bits per heavy atom. The second kappa shape index (κ2) is 11.1. The Labute approximate surface area is 212 Å². The molecule has 0 amide bonds. The van der Waals surface area contributed by atoms with Crippen molar-refractivity contribution in [1.29, 1.82) is 0 Å². The van der Waals surface area contributed by atoms with Crippen LogP contribution in [0.1, 0.15) is 48.4 Å². The third kappa shape index (κ3) is 6.16. The van der Waals surface area contributed by atoms with Crippen molar-refractivity contribution in [3.63, 3.8) is 0 Å². The topological polar surface area (TPSA) is 77.9 Å². The van der Waals surface area contributed by atoms with Gasteiger partial charge in [0.25, 0.3) is 0 Å². The van der Waals surface area contributed by atoms with Gasteiger partial charge in [-0.15, -0.1) is 0 Å². The van der Waals surface area contributed by atoms with E-state index in [1.807, 2.05) is 18.2 Å². The van der Waals surface area contributed by atoms with Gasteiger partial charge in [-0.1, -0.05) is 18.2 Å². The maximum Gasteiger partial charge on any atom is 0.304 e. The van der Waals surface area contributed by atoms with Crippen LogP contribution < -0.4 is 10.2 Å². The maximum absolute atomic E-state index is 15.8. The number of aliphatic carboxylic acids is 1. The van der Waals surface area contributed by atoms with Crippen LogP contribution in [0.4, 0.5) is 15.9 Å². The zero-order valence-corrected chi connectivity index (χ0v) is 20.9. The molecule has 3 aliphatic rings. The minimum Gasteiger partial charge on any atom is -0.481 e. The van der Waals surface area contributed by atoms with Crippen molar-refractivity contribution in [1.82, 2.24) is 9.88 Å². The molecule has 1 aromatic heterocycles. The number of pyridine rings is 1. The largest absolute Gasteiger partial charge is 0.481 e. The highest BCUT2D eigenvalue weighted by Crippen LogP contribution is 2.34. The van der Waals surface area contributed by atoms with Crippen LogP contribution in [0, 0.1) is 0 Å². The fourth-order valence-corrected chi connectivity index (χ4v) is 5.74. The van der Waals surface area contributed by atoms with E-state index in [0.717, 1.165) is 55.2 Å². The number of nitrogens with zero attached hydrogens (tertiary/aromatic N) is 3. The highest BCUT2D eigenvalue weighted by Gasteiger charge is 2.39. The molecule has 0 radical (unpaired) electrons. The van der Waals surface area contributed by atoms with E-state index in [1.165, 1.54) is 5.56 Å². The van der Waals surface area contributed by atoms with E-state index >= 15 is 4.39 Å². The fraction of sp³-hybridized carbons (Fsp3) is 0.571. The first-order valence-electron chi connectivity index (χ1n) is 13.3. The Kier molecular flexibility index (Phi) is 7.72. The average molecular weight is 497 g/mol. The molecule has 8 heteroatoms. The second-order valence-corrected chi connectivity index (χ2v) is 10.5. The Hall–Kier alpha value is -2.71. The van der Waals surface area contributed by atoms with E-state index in [2.05, 4.69) is 33.3 Å². The van der Waals surface area contributed by atoms with Gasteiger partial charge < -0.3 is 20.1 Å². The molecule has 7 nitrogen and oxygen atoms in total. The van der Waals surface area contributed by atoms with E-state index in [1.54, 1.807) is 0 Å². The standard InChI is InChI=1S/C28H37FN4O3/c29-28(9-8-24-7-6-21-4-2-11-30-27(21)31-24)10-12-32(20-28)19-23(18-26(34)35)22-3-1-5-25(17-22)33-13-15-36-16-14-33/h1,3,5-7,17,23H,2,4,8-16,18-20H2,(H,30,31)(H,34,35). The molecule has 2 unspecified atom stereocenters. The minimum atomic E-state index is -1.27. The first-order valence-corrected chi connectivity index (χ1v) is 13.3. The van der Waals surface area contributed by atoms with Crippen LogP contribution in [0.3, 0.4) is 0 Å². The molecule has 2 aromatic rings. The summed E-state index contributed by atoms with van der Waals surface area (Å²) in [7, 11) is 0. The Bertz CT molecular complexity index is 1060. The van der Waals surface area contributed by atoms with Crippen molar-refractivity contribution in [3.05, 3.63) is 53.2 Å². The van der Waals surface area contributed by atoms with Gasteiger partial charge in [-0.3, -0.25) is 9.69 Å². The van der Waals surface area contributed by atoms with Crippen molar-refractivity contribution in [2.24, 2.45) is 0 Å². The molecule has 5 rings (SSSR count). The number of morpholine rings is 1. The number of aryl methyl sites for hydroxylation is 2. The van der Waals surface area contributed by atoms with Crippen LogP contribution in [0.25, 0.3) is 0 Å². The molecule has 3 aliphatic heterocycles. The van der Waals surface area contributed by atoms with E-state index < -0.39 is 11.6 Å². The van der Waals surface area contributed by atoms with E-state index in [4.69, 9.17) is 9.72 Å². The molecule has 0 aliphatic carbocycles. The number of carbonyl (C=O) groups is 1. The number of carboxylic acids is 1. The summed E-state index contributed by atoms with van der Waals surface area (Å²) in [6, 6.07) is 12.3. The summed E-state index contributed by atoms with van der Waals surface area (Å²) in [6.45, 7) is 5.55. The van der Waals surface area contributed by atoms with Crippen LogP contribution >= 0.6 is 0 Å². The van der Waals surface area contributed by atoms with Crippen LogP contribution in [-0.2, 0) is 22.4 Å². The number of ether oxygens (including phenoxy) is 1. The predicted octanol–water partition coefficient (Wildman–Crippen LogP) is 3.88. The number of hydrogen-bond acceptors (Lipinski definition) is 6. The molecular formula is C28H37FN4O3.